The normalized spacial score (nSPS) is 14.0. The van der Waals surface area contributed by atoms with Crippen LogP contribution >= 0.6 is 15.9 Å². The molecule has 0 aliphatic heterocycles. The Hall–Kier alpha value is -2.22. The van der Waals surface area contributed by atoms with Gasteiger partial charge < -0.3 is 10.4 Å². The number of hydrogen-bond acceptors (Lipinski definition) is 4. The molecule has 0 spiro atoms. The number of rotatable bonds is 4. The lowest BCUT2D eigenvalue weighted by Crippen LogP contribution is -2.16. The molecule has 3 rings (SSSR count). The fraction of sp³-hybridized carbons (Fsp3) is 0.231. The van der Waals surface area contributed by atoms with Crippen LogP contribution in [-0.2, 0) is 0 Å². The summed E-state index contributed by atoms with van der Waals surface area (Å²) in [7, 11) is 0. The first-order valence-electron chi connectivity index (χ1n) is 6.31. The van der Waals surface area contributed by atoms with Gasteiger partial charge in [0.2, 0.25) is 5.82 Å². The van der Waals surface area contributed by atoms with E-state index in [1.54, 1.807) is 6.07 Å². The van der Waals surface area contributed by atoms with Crippen molar-refractivity contribution in [2.45, 2.75) is 18.8 Å². The molecule has 0 saturated heterocycles. The summed E-state index contributed by atoms with van der Waals surface area (Å²) in [5.74, 6) is -0.592. The SMILES string of the molecule is O=C(Nc1cc(Br)ccc1C(=O)O)c1n[nH]c(C2CC2)n1. The van der Waals surface area contributed by atoms with E-state index in [1.807, 2.05) is 0 Å². The largest absolute Gasteiger partial charge is 0.478 e. The Labute approximate surface area is 127 Å². The van der Waals surface area contributed by atoms with Gasteiger partial charge in [-0.05, 0) is 31.0 Å². The third-order valence-electron chi connectivity index (χ3n) is 3.13. The first-order valence-corrected chi connectivity index (χ1v) is 7.10. The van der Waals surface area contributed by atoms with Crippen molar-refractivity contribution in [3.05, 3.63) is 39.9 Å². The second-order valence-electron chi connectivity index (χ2n) is 4.77. The molecule has 21 heavy (non-hydrogen) atoms. The molecule has 2 aromatic rings. The Bertz CT molecular complexity index is 724. The van der Waals surface area contributed by atoms with Crippen LogP contribution < -0.4 is 5.32 Å². The standard InChI is InChI=1S/C13H11BrN4O3/c14-7-3-4-8(13(20)21)9(5-7)15-12(19)11-16-10(17-18-11)6-1-2-6/h3-6H,1-2H2,(H,15,19)(H,20,21)(H,16,17,18). The summed E-state index contributed by atoms with van der Waals surface area (Å²) in [6.45, 7) is 0. The van der Waals surface area contributed by atoms with E-state index in [1.165, 1.54) is 12.1 Å². The molecule has 7 nitrogen and oxygen atoms in total. The Balaban J connectivity index is 1.83. The molecular formula is C13H11BrN4O3. The van der Waals surface area contributed by atoms with E-state index >= 15 is 0 Å². The van der Waals surface area contributed by atoms with Gasteiger partial charge in [0.1, 0.15) is 5.82 Å². The van der Waals surface area contributed by atoms with Gasteiger partial charge >= 0.3 is 5.97 Å². The Morgan fingerprint density at radius 3 is 2.81 bits per heavy atom. The molecule has 1 aliphatic carbocycles. The molecule has 1 aliphatic rings. The van der Waals surface area contributed by atoms with Gasteiger partial charge in [0.15, 0.2) is 0 Å². The summed E-state index contributed by atoms with van der Waals surface area (Å²) in [5.41, 5.74) is 0.198. The highest BCUT2D eigenvalue weighted by molar-refractivity contribution is 9.10. The number of halogens is 1. The van der Waals surface area contributed by atoms with Crippen molar-refractivity contribution in [1.82, 2.24) is 15.2 Å². The van der Waals surface area contributed by atoms with Gasteiger partial charge in [-0.1, -0.05) is 15.9 Å². The number of nitrogens with one attached hydrogen (secondary N) is 2. The molecule has 3 N–H and O–H groups in total. The molecule has 1 fully saturated rings. The molecule has 1 amide bonds. The number of H-pyrrole nitrogens is 1. The number of hydrogen-bond donors (Lipinski definition) is 3. The number of aromatic nitrogens is 3. The summed E-state index contributed by atoms with van der Waals surface area (Å²) in [6, 6.07) is 4.53. The minimum absolute atomic E-state index is 0.00417. The van der Waals surface area contributed by atoms with Gasteiger partial charge in [-0.25, -0.2) is 9.78 Å². The zero-order valence-electron chi connectivity index (χ0n) is 10.8. The Morgan fingerprint density at radius 1 is 1.38 bits per heavy atom. The predicted molar refractivity (Wildman–Crippen MR) is 77.4 cm³/mol. The van der Waals surface area contributed by atoms with Crippen LogP contribution in [0.4, 0.5) is 5.69 Å². The van der Waals surface area contributed by atoms with Crippen LogP contribution in [0.15, 0.2) is 22.7 Å². The van der Waals surface area contributed by atoms with Crippen molar-refractivity contribution < 1.29 is 14.7 Å². The van der Waals surface area contributed by atoms with Crippen LogP contribution in [0.2, 0.25) is 0 Å². The fourth-order valence-corrected chi connectivity index (χ4v) is 2.26. The molecule has 8 heteroatoms. The third kappa shape index (κ3) is 2.94. The smallest absolute Gasteiger partial charge is 0.337 e. The maximum absolute atomic E-state index is 12.1. The zero-order chi connectivity index (χ0) is 15.0. The Morgan fingerprint density at radius 2 is 2.14 bits per heavy atom. The van der Waals surface area contributed by atoms with Crippen LogP contribution in [0.3, 0.4) is 0 Å². The van der Waals surface area contributed by atoms with Crippen molar-refractivity contribution in [2.75, 3.05) is 5.32 Å². The highest BCUT2D eigenvalue weighted by atomic mass is 79.9. The highest BCUT2D eigenvalue weighted by Gasteiger charge is 2.28. The molecule has 1 heterocycles. The summed E-state index contributed by atoms with van der Waals surface area (Å²) < 4.78 is 0.663. The van der Waals surface area contributed by atoms with Crippen molar-refractivity contribution >= 4 is 33.5 Å². The van der Waals surface area contributed by atoms with Crippen molar-refractivity contribution in [2.24, 2.45) is 0 Å². The summed E-state index contributed by atoms with van der Waals surface area (Å²) in [4.78, 5) is 27.4. The maximum atomic E-state index is 12.1. The van der Waals surface area contributed by atoms with E-state index in [0.29, 0.717) is 16.2 Å². The molecule has 0 atom stereocenters. The molecule has 108 valence electrons. The van der Waals surface area contributed by atoms with Gasteiger partial charge in [0.05, 0.1) is 11.3 Å². The quantitative estimate of drug-likeness (QED) is 0.784. The van der Waals surface area contributed by atoms with Gasteiger partial charge in [-0.3, -0.25) is 9.89 Å². The van der Waals surface area contributed by atoms with E-state index in [-0.39, 0.29) is 17.1 Å². The van der Waals surface area contributed by atoms with Crippen molar-refractivity contribution in [3.63, 3.8) is 0 Å². The van der Waals surface area contributed by atoms with Gasteiger partial charge in [0, 0.05) is 10.4 Å². The number of aromatic carboxylic acids is 1. The van der Waals surface area contributed by atoms with E-state index in [9.17, 15) is 9.59 Å². The van der Waals surface area contributed by atoms with Gasteiger partial charge in [0.25, 0.3) is 5.91 Å². The van der Waals surface area contributed by atoms with Gasteiger partial charge in [-0.2, -0.15) is 0 Å². The topological polar surface area (TPSA) is 108 Å². The maximum Gasteiger partial charge on any atom is 0.337 e. The Kier molecular flexibility index (Phi) is 3.46. The number of carboxylic acids is 1. The average molecular weight is 351 g/mol. The van der Waals surface area contributed by atoms with E-state index in [0.717, 1.165) is 12.8 Å². The molecule has 0 unspecified atom stereocenters. The average Bonchev–Trinajstić information content (AvgIpc) is 3.16. The number of nitrogens with zero attached hydrogens (tertiary/aromatic N) is 2. The minimum Gasteiger partial charge on any atom is -0.478 e. The second kappa shape index (κ2) is 5.28. The molecular weight excluding hydrogens is 340 g/mol. The summed E-state index contributed by atoms with van der Waals surface area (Å²) in [5, 5.41) is 18.2. The number of aromatic amines is 1. The lowest BCUT2D eigenvalue weighted by molar-refractivity contribution is 0.0698. The van der Waals surface area contributed by atoms with Crippen molar-refractivity contribution in [1.29, 1.82) is 0 Å². The molecule has 1 aromatic heterocycles. The number of carbonyl (C=O) groups excluding carboxylic acids is 1. The second-order valence-corrected chi connectivity index (χ2v) is 5.68. The van der Waals surface area contributed by atoms with Crippen LogP contribution in [-0.4, -0.2) is 32.2 Å². The molecule has 0 bridgehead atoms. The molecule has 1 aromatic carbocycles. The van der Waals surface area contributed by atoms with E-state index < -0.39 is 11.9 Å². The number of carbonyl (C=O) groups is 2. The van der Waals surface area contributed by atoms with Gasteiger partial charge in [-0.15, -0.1) is 5.10 Å². The third-order valence-corrected chi connectivity index (χ3v) is 3.62. The van der Waals surface area contributed by atoms with Crippen LogP contribution in [0.5, 0.6) is 0 Å². The van der Waals surface area contributed by atoms with Crippen LogP contribution in [0, 0.1) is 0 Å². The lowest BCUT2D eigenvalue weighted by atomic mass is 10.2. The first kappa shape index (κ1) is 13.7. The van der Waals surface area contributed by atoms with Crippen LogP contribution in [0.25, 0.3) is 0 Å². The van der Waals surface area contributed by atoms with E-state index in [4.69, 9.17) is 5.11 Å². The number of anilines is 1. The number of amides is 1. The van der Waals surface area contributed by atoms with Crippen molar-refractivity contribution in [3.8, 4) is 0 Å². The number of carboxylic acid groups (broad SMARTS) is 1. The summed E-state index contributed by atoms with van der Waals surface area (Å²) in [6.07, 6.45) is 2.09. The lowest BCUT2D eigenvalue weighted by Gasteiger charge is -2.07. The number of benzene rings is 1. The van der Waals surface area contributed by atoms with E-state index in [2.05, 4.69) is 36.4 Å². The highest BCUT2D eigenvalue weighted by Crippen LogP contribution is 2.37. The zero-order valence-corrected chi connectivity index (χ0v) is 12.3. The fourth-order valence-electron chi connectivity index (χ4n) is 1.90. The monoisotopic (exact) mass is 350 g/mol. The first-order chi connectivity index (χ1) is 10.0. The predicted octanol–water partition coefficient (Wildman–Crippen LogP) is 2.40. The summed E-state index contributed by atoms with van der Waals surface area (Å²) >= 11 is 3.24. The molecule has 1 saturated carbocycles. The molecule has 0 radical (unpaired) electrons. The minimum atomic E-state index is -1.12. The van der Waals surface area contributed by atoms with Crippen LogP contribution in [0.1, 0.15) is 45.6 Å².